The first-order chi connectivity index (χ1) is 15.1. The van der Waals surface area contributed by atoms with E-state index >= 15 is 0 Å². The van der Waals surface area contributed by atoms with Crippen molar-refractivity contribution in [1.29, 1.82) is 0 Å². The number of ether oxygens (including phenoxy) is 2. The molecule has 2 aromatic carbocycles. The second-order valence-corrected chi connectivity index (χ2v) is 7.43. The van der Waals surface area contributed by atoms with Gasteiger partial charge in [-0.05, 0) is 24.3 Å². The number of ketones is 1. The van der Waals surface area contributed by atoms with E-state index in [0.717, 1.165) is 11.3 Å². The Bertz CT molecular complexity index is 1210. The maximum absolute atomic E-state index is 12.6. The molecule has 2 aromatic heterocycles. The number of nitrogens with one attached hydrogen (secondary N) is 1. The number of rotatable bonds is 8. The van der Waals surface area contributed by atoms with Crippen molar-refractivity contribution in [3.05, 3.63) is 60.2 Å². The average Bonchev–Trinajstić information content (AvgIpc) is 3.44. The lowest BCUT2D eigenvalue weighted by Gasteiger charge is -2.09. The molecule has 0 radical (unpaired) electrons. The summed E-state index contributed by atoms with van der Waals surface area (Å²) in [5.74, 6) is 7.70. The molecule has 4 aromatic rings. The maximum Gasteiger partial charge on any atom is 0.210 e. The van der Waals surface area contributed by atoms with E-state index in [9.17, 15) is 4.79 Å². The third-order valence-corrected chi connectivity index (χ3v) is 5.53. The predicted molar refractivity (Wildman–Crippen MR) is 118 cm³/mol. The molecule has 10 heteroatoms. The Balaban J connectivity index is 1.47. The zero-order chi connectivity index (χ0) is 21.8. The Morgan fingerprint density at radius 3 is 2.58 bits per heavy atom. The Hall–Kier alpha value is -3.79. The van der Waals surface area contributed by atoms with E-state index in [4.69, 9.17) is 15.3 Å². The molecule has 3 N–H and O–H groups in total. The molecule has 0 fully saturated rings. The molecular formula is C21H20N6O3S. The molecule has 0 aliphatic carbocycles. The van der Waals surface area contributed by atoms with Crippen molar-refractivity contribution in [3.8, 4) is 34.3 Å². The zero-order valence-electron chi connectivity index (χ0n) is 16.9. The van der Waals surface area contributed by atoms with Crippen LogP contribution in [-0.4, -0.2) is 50.8 Å². The first kappa shape index (κ1) is 20.5. The molecule has 0 atom stereocenters. The van der Waals surface area contributed by atoms with Crippen LogP contribution in [0, 0.1) is 0 Å². The van der Waals surface area contributed by atoms with Crippen LogP contribution in [0.25, 0.3) is 22.8 Å². The van der Waals surface area contributed by atoms with Crippen molar-refractivity contribution >= 4 is 17.5 Å². The van der Waals surface area contributed by atoms with E-state index < -0.39 is 0 Å². The van der Waals surface area contributed by atoms with Crippen LogP contribution in [0.3, 0.4) is 0 Å². The Morgan fingerprint density at radius 1 is 1.06 bits per heavy atom. The number of hydrogen-bond donors (Lipinski definition) is 2. The molecule has 0 saturated carbocycles. The summed E-state index contributed by atoms with van der Waals surface area (Å²) < 4.78 is 11.8. The second kappa shape index (κ2) is 8.92. The summed E-state index contributed by atoms with van der Waals surface area (Å²) in [6, 6.07) is 16.7. The van der Waals surface area contributed by atoms with Gasteiger partial charge < -0.3 is 15.3 Å². The molecule has 2 heterocycles. The van der Waals surface area contributed by atoms with Crippen molar-refractivity contribution in [1.82, 2.24) is 25.1 Å². The van der Waals surface area contributed by atoms with E-state index in [1.807, 2.05) is 36.4 Å². The van der Waals surface area contributed by atoms with Gasteiger partial charge in [0.1, 0.15) is 5.69 Å². The highest BCUT2D eigenvalue weighted by molar-refractivity contribution is 7.99. The van der Waals surface area contributed by atoms with Gasteiger partial charge in [-0.2, -0.15) is 5.10 Å². The summed E-state index contributed by atoms with van der Waals surface area (Å²) in [4.78, 5) is 12.6. The van der Waals surface area contributed by atoms with Crippen LogP contribution < -0.4 is 15.3 Å². The minimum absolute atomic E-state index is 0.0941. The molecule has 0 bridgehead atoms. The van der Waals surface area contributed by atoms with Gasteiger partial charge in [0.2, 0.25) is 11.0 Å². The van der Waals surface area contributed by atoms with Gasteiger partial charge >= 0.3 is 0 Å². The summed E-state index contributed by atoms with van der Waals surface area (Å²) >= 11 is 1.20. The number of nitrogens with two attached hydrogens (primary N) is 1. The third-order valence-electron chi connectivity index (χ3n) is 4.59. The first-order valence-corrected chi connectivity index (χ1v) is 10.3. The number of nitrogens with zero attached hydrogens (tertiary/aromatic N) is 4. The molecule has 0 spiro atoms. The summed E-state index contributed by atoms with van der Waals surface area (Å²) in [5.41, 5.74) is 2.89. The number of methoxy groups -OCH3 is 2. The fraction of sp³-hybridized carbons (Fsp3) is 0.143. The number of aromatic amines is 1. The summed E-state index contributed by atoms with van der Waals surface area (Å²) in [6.45, 7) is 0. The van der Waals surface area contributed by atoms with Crippen molar-refractivity contribution in [2.45, 2.75) is 5.16 Å². The lowest BCUT2D eigenvalue weighted by Crippen LogP contribution is -2.13. The molecule has 0 unspecified atom stereocenters. The topological polar surface area (TPSA) is 121 Å². The lowest BCUT2D eigenvalue weighted by atomic mass is 10.1. The maximum atomic E-state index is 12.6. The summed E-state index contributed by atoms with van der Waals surface area (Å²) in [6.07, 6.45) is 0. The van der Waals surface area contributed by atoms with Crippen LogP contribution >= 0.6 is 11.8 Å². The van der Waals surface area contributed by atoms with Crippen LogP contribution in [-0.2, 0) is 0 Å². The predicted octanol–water partition coefficient (Wildman–Crippen LogP) is 3.04. The number of benzene rings is 2. The largest absolute Gasteiger partial charge is 0.493 e. The monoisotopic (exact) mass is 436 g/mol. The number of aromatic nitrogens is 5. The van der Waals surface area contributed by atoms with Crippen LogP contribution in [0.1, 0.15) is 10.4 Å². The fourth-order valence-corrected chi connectivity index (χ4v) is 3.73. The molecule has 0 saturated heterocycles. The Morgan fingerprint density at radius 2 is 1.84 bits per heavy atom. The van der Waals surface area contributed by atoms with Crippen molar-refractivity contribution in [2.75, 3.05) is 25.8 Å². The van der Waals surface area contributed by atoms with Crippen LogP contribution in [0.15, 0.2) is 59.8 Å². The molecule has 4 rings (SSSR count). The van der Waals surface area contributed by atoms with E-state index in [0.29, 0.717) is 33.7 Å². The number of Topliss-reactive ketones (excluding diaryl/α,β-unsaturated/α-hetero) is 1. The number of hydrogen-bond acceptors (Lipinski definition) is 8. The van der Waals surface area contributed by atoms with Crippen LogP contribution in [0.2, 0.25) is 0 Å². The fourth-order valence-electron chi connectivity index (χ4n) is 2.98. The van der Waals surface area contributed by atoms with Crippen molar-refractivity contribution in [3.63, 3.8) is 0 Å². The molecule has 9 nitrogen and oxygen atoms in total. The standard InChI is InChI=1S/C21H20N6O3S/c1-29-18-9-8-14(10-19(18)30-2)17(28)12-31-21-26-25-20(27(21)22)16-11-15(23-24-16)13-6-4-3-5-7-13/h3-11H,12,22H2,1-2H3,(H,23,24). The normalized spacial score (nSPS) is 10.8. The third kappa shape index (κ3) is 4.24. The van der Waals surface area contributed by atoms with Gasteiger partial charge in [-0.1, -0.05) is 42.1 Å². The van der Waals surface area contributed by atoms with Gasteiger partial charge in [0, 0.05) is 11.1 Å². The number of carbonyl (C=O) groups excluding carboxylic acids is 1. The van der Waals surface area contributed by atoms with E-state index in [1.165, 1.54) is 23.5 Å². The van der Waals surface area contributed by atoms with Crippen LogP contribution in [0.5, 0.6) is 11.5 Å². The number of nitrogen functional groups attached to an aromatic ring is 1. The van der Waals surface area contributed by atoms with Gasteiger partial charge in [0.25, 0.3) is 0 Å². The Labute approximate surface area is 182 Å². The molecule has 0 aliphatic rings. The van der Waals surface area contributed by atoms with Gasteiger partial charge in [0.15, 0.2) is 17.3 Å². The van der Waals surface area contributed by atoms with Gasteiger partial charge in [-0.25, -0.2) is 4.68 Å². The highest BCUT2D eigenvalue weighted by Gasteiger charge is 2.17. The van der Waals surface area contributed by atoms with Crippen molar-refractivity contribution < 1.29 is 14.3 Å². The summed E-state index contributed by atoms with van der Waals surface area (Å²) in [5, 5.41) is 15.9. The highest BCUT2D eigenvalue weighted by Crippen LogP contribution is 2.29. The zero-order valence-corrected chi connectivity index (χ0v) is 17.7. The number of carbonyl (C=O) groups is 1. The lowest BCUT2D eigenvalue weighted by molar-refractivity contribution is 0.102. The Kier molecular flexibility index (Phi) is 5.89. The van der Waals surface area contributed by atoms with Crippen molar-refractivity contribution in [2.24, 2.45) is 0 Å². The van der Waals surface area contributed by atoms with Gasteiger partial charge in [0.05, 0.1) is 25.7 Å². The minimum Gasteiger partial charge on any atom is -0.493 e. The molecule has 0 aliphatic heterocycles. The smallest absolute Gasteiger partial charge is 0.210 e. The number of thioether (sulfide) groups is 1. The van der Waals surface area contributed by atoms with Gasteiger partial charge in [-0.3, -0.25) is 9.89 Å². The highest BCUT2D eigenvalue weighted by atomic mass is 32.2. The second-order valence-electron chi connectivity index (χ2n) is 6.49. The van der Waals surface area contributed by atoms with Gasteiger partial charge in [-0.15, -0.1) is 10.2 Å². The summed E-state index contributed by atoms with van der Waals surface area (Å²) in [7, 11) is 3.07. The average molecular weight is 436 g/mol. The number of H-pyrrole nitrogens is 1. The SMILES string of the molecule is COc1ccc(C(=O)CSc2nnc(-c3cc(-c4ccccc4)n[nH]3)n2N)cc1OC. The van der Waals surface area contributed by atoms with E-state index in [2.05, 4.69) is 20.4 Å². The molecule has 31 heavy (non-hydrogen) atoms. The quantitative estimate of drug-likeness (QED) is 0.246. The van der Waals surface area contributed by atoms with E-state index in [-0.39, 0.29) is 11.5 Å². The van der Waals surface area contributed by atoms with Crippen LogP contribution in [0.4, 0.5) is 0 Å². The molecule has 158 valence electrons. The molecular weight excluding hydrogens is 416 g/mol. The van der Waals surface area contributed by atoms with E-state index in [1.54, 1.807) is 25.3 Å². The molecule has 0 amide bonds. The minimum atomic E-state index is -0.0941. The first-order valence-electron chi connectivity index (χ1n) is 9.30.